The van der Waals surface area contributed by atoms with Crippen LogP contribution in [0.5, 0.6) is 0 Å². The fraction of sp³-hybridized carbons (Fsp3) is 0.412. The van der Waals surface area contributed by atoms with Crippen molar-refractivity contribution in [3.05, 3.63) is 48.2 Å². The molecule has 8 nitrogen and oxygen atoms in total. The number of H-pyrrole nitrogens is 1. The van der Waals surface area contributed by atoms with Gasteiger partial charge in [-0.25, -0.2) is 4.79 Å². The van der Waals surface area contributed by atoms with Gasteiger partial charge in [-0.2, -0.15) is 5.10 Å². The minimum Gasteiger partial charge on any atom is -0.545 e. The van der Waals surface area contributed by atoms with Crippen LogP contribution in [0, 0.1) is 13.8 Å². The minimum absolute atomic E-state index is 0. The summed E-state index contributed by atoms with van der Waals surface area (Å²) in [6.45, 7) is 7.31. The van der Waals surface area contributed by atoms with Crippen molar-refractivity contribution in [2.24, 2.45) is 7.05 Å². The van der Waals surface area contributed by atoms with Crippen molar-refractivity contribution in [3.8, 4) is 0 Å². The third kappa shape index (κ3) is 3.44. The van der Waals surface area contributed by atoms with Gasteiger partial charge in [-0.3, -0.25) is 19.0 Å². The van der Waals surface area contributed by atoms with Gasteiger partial charge >= 0.3 is 35.2 Å². The van der Waals surface area contributed by atoms with Gasteiger partial charge in [0, 0.05) is 41.2 Å². The zero-order valence-corrected chi connectivity index (χ0v) is 19.0. The Morgan fingerprint density at radius 2 is 1.93 bits per heavy atom. The third-order valence-electron chi connectivity index (χ3n) is 4.53. The number of carbonyl (C=O) groups is 1. The summed E-state index contributed by atoms with van der Waals surface area (Å²) in [7, 11) is 1.35. The van der Waals surface area contributed by atoms with E-state index >= 15 is 0 Å². The summed E-state index contributed by atoms with van der Waals surface area (Å²) >= 11 is 1.15. The number of carbonyl (C=O) groups excluding carboxylic acids is 1. The van der Waals surface area contributed by atoms with Crippen LogP contribution < -0.4 is 45.9 Å². The second kappa shape index (κ2) is 7.75. The number of nitrogens with one attached hydrogen (secondary N) is 1. The van der Waals surface area contributed by atoms with Crippen molar-refractivity contribution in [2.75, 3.05) is 0 Å². The quantitative estimate of drug-likeness (QED) is 0.494. The molecular weight excluding hydrogens is 379 g/mol. The predicted octanol–water partition coefficient (Wildman–Crippen LogP) is -2.36. The van der Waals surface area contributed by atoms with Crippen LogP contribution in [-0.4, -0.2) is 25.3 Å². The molecule has 0 radical (unpaired) electrons. The van der Waals surface area contributed by atoms with E-state index in [2.05, 4.69) is 10.2 Å². The molecule has 0 unspecified atom stereocenters. The summed E-state index contributed by atoms with van der Waals surface area (Å²) in [6, 6.07) is -0.227. The molecule has 0 saturated heterocycles. The van der Waals surface area contributed by atoms with E-state index in [0.29, 0.717) is 16.1 Å². The molecule has 0 amide bonds. The molecule has 3 aromatic heterocycles. The number of hydrogen-bond donors (Lipinski definition) is 1. The van der Waals surface area contributed by atoms with Gasteiger partial charge in [-0.05, 0) is 27.7 Å². The summed E-state index contributed by atoms with van der Waals surface area (Å²) < 4.78 is 2.39. The van der Waals surface area contributed by atoms with E-state index in [1.165, 1.54) is 11.6 Å². The molecule has 0 atom stereocenters. The number of aromatic nitrogens is 4. The molecule has 3 aromatic rings. The van der Waals surface area contributed by atoms with Crippen LogP contribution in [0.2, 0.25) is 0 Å². The summed E-state index contributed by atoms with van der Waals surface area (Å²) in [6.07, 6.45) is 0.298. The van der Waals surface area contributed by atoms with E-state index < -0.39 is 17.2 Å². The first-order chi connectivity index (χ1) is 12.1. The molecule has 0 aliphatic heterocycles. The standard InChI is InChI=1S/C17H20N4O4S.Na/c1-7(2)21-15-13(14(22)20(5)17(21)25)12(16(23)24)11(26-15)6-10-8(3)18-19-9(10)4;/h7H,6H2,1-5H3,(H,18,19)(H,23,24);/q;+1/p-1. The maximum atomic E-state index is 12.6. The Hall–Kier alpha value is -1.68. The molecule has 1 N–H and O–H groups in total. The van der Waals surface area contributed by atoms with Crippen molar-refractivity contribution in [3.63, 3.8) is 0 Å². The maximum absolute atomic E-state index is 12.6. The number of aromatic amines is 1. The fourth-order valence-corrected chi connectivity index (χ4v) is 4.54. The summed E-state index contributed by atoms with van der Waals surface area (Å²) in [5.74, 6) is -1.42. The molecule has 27 heavy (non-hydrogen) atoms. The van der Waals surface area contributed by atoms with Gasteiger partial charge < -0.3 is 9.90 Å². The van der Waals surface area contributed by atoms with Gasteiger partial charge in [0.15, 0.2) is 0 Å². The first-order valence-electron chi connectivity index (χ1n) is 8.13. The number of hydrogen-bond acceptors (Lipinski definition) is 6. The Labute approximate surface area is 181 Å². The Bertz CT molecular complexity index is 1130. The van der Waals surface area contributed by atoms with Crippen molar-refractivity contribution in [1.29, 1.82) is 0 Å². The summed E-state index contributed by atoms with van der Waals surface area (Å²) in [5, 5.41) is 18.9. The summed E-state index contributed by atoms with van der Waals surface area (Å²) in [4.78, 5) is 37.9. The molecule has 3 heterocycles. The van der Waals surface area contributed by atoms with E-state index in [0.717, 1.165) is 32.9 Å². The van der Waals surface area contributed by atoms with Gasteiger partial charge in [0.2, 0.25) is 0 Å². The molecule has 3 rings (SSSR count). The van der Waals surface area contributed by atoms with Gasteiger partial charge in [0.05, 0.1) is 17.0 Å². The number of aromatic carboxylic acids is 1. The van der Waals surface area contributed by atoms with Gasteiger partial charge in [0.1, 0.15) is 4.83 Å². The first-order valence-corrected chi connectivity index (χ1v) is 8.95. The van der Waals surface area contributed by atoms with Crippen LogP contribution in [0.25, 0.3) is 10.2 Å². The average Bonchev–Trinajstić information content (AvgIpc) is 3.08. The number of carboxylic acids is 1. The van der Waals surface area contributed by atoms with Crippen molar-refractivity contribution in [2.45, 2.75) is 40.2 Å². The molecular formula is C17H19N4NaO4S. The second-order valence-electron chi connectivity index (χ2n) is 6.57. The molecule has 0 saturated carbocycles. The molecule has 0 aliphatic carbocycles. The molecule has 138 valence electrons. The Balaban J connectivity index is 0.00000261. The number of thiophene rings is 1. The number of nitrogens with zero attached hydrogens (tertiary/aromatic N) is 3. The smallest absolute Gasteiger partial charge is 0.545 e. The fourth-order valence-electron chi connectivity index (χ4n) is 3.13. The third-order valence-corrected chi connectivity index (χ3v) is 5.72. The zero-order chi connectivity index (χ0) is 19.3. The second-order valence-corrected chi connectivity index (χ2v) is 7.65. The molecule has 0 bridgehead atoms. The van der Waals surface area contributed by atoms with E-state index in [-0.39, 0.29) is 46.5 Å². The zero-order valence-electron chi connectivity index (χ0n) is 16.2. The monoisotopic (exact) mass is 398 g/mol. The van der Waals surface area contributed by atoms with Crippen LogP contribution >= 0.6 is 11.3 Å². The van der Waals surface area contributed by atoms with Crippen LogP contribution in [0.1, 0.15) is 52.1 Å². The Morgan fingerprint density at radius 3 is 2.41 bits per heavy atom. The number of fused-ring (bicyclic) bond motifs is 1. The number of aryl methyl sites for hydroxylation is 2. The van der Waals surface area contributed by atoms with Crippen LogP contribution in [-0.2, 0) is 13.5 Å². The molecule has 0 aliphatic rings. The van der Waals surface area contributed by atoms with Crippen molar-refractivity contribution in [1.82, 2.24) is 19.3 Å². The van der Waals surface area contributed by atoms with Gasteiger partial charge in [-0.1, -0.05) is 0 Å². The van der Waals surface area contributed by atoms with Crippen LogP contribution in [0.15, 0.2) is 9.59 Å². The SMILES string of the molecule is Cc1n[nH]c(C)c1Cc1sc2c(c1C(=O)[O-])c(=O)n(C)c(=O)n2C(C)C.[Na+]. The van der Waals surface area contributed by atoms with E-state index in [9.17, 15) is 19.5 Å². The summed E-state index contributed by atoms with van der Waals surface area (Å²) in [5.41, 5.74) is 1.24. The van der Waals surface area contributed by atoms with E-state index in [1.54, 1.807) is 0 Å². The molecule has 0 spiro atoms. The van der Waals surface area contributed by atoms with Crippen LogP contribution in [0.3, 0.4) is 0 Å². The van der Waals surface area contributed by atoms with E-state index in [4.69, 9.17) is 0 Å². The normalized spacial score (nSPS) is 11.2. The number of rotatable bonds is 4. The maximum Gasteiger partial charge on any atom is 1.00 e. The van der Waals surface area contributed by atoms with Crippen LogP contribution in [0.4, 0.5) is 0 Å². The average molecular weight is 398 g/mol. The molecule has 0 aromatic carbocycles. The Kier molecular flexibility index (Phi) is 6.20. The van der Waals surface area contributed by atoms with Crippen molar-refractivity contribution < 1.29 is 39.5 Å². The van der Waals surface area contributed by atoms with Gasteiger partial charge in [0.25, 0.3) is 5.56 Å². The van der Waals surface area contributed by atoms with Crippen molar-refractivity contribution >= 4 is 27.5 Å². The predicted molar refractivity (Wildman–Crippen MR) is 96.9 cm³/mol. The largest absolute Gasteiger partial charge is 1.00 e. The topological polar surface area (TPSA) is 113 Å². The number of carboxylic acid groups (broad SMARTS) is 1. The molecule has 10 heteroatoms. The van der Waals surface area contributed by atoms with E-state index in [1.807, 2.05) is 27.7 Å². The first kappa shape index (κ1) is 21.6. The Morgan fingerprint density at radius 1 is 1.30 bits per heavy atom. The van der Waals surface area contributed by atoms with Gasteiger partial charge in [-0.15, -0.1) is 11.3 Å². The minimum atomic E-state index is -1.42. The molecule has 0 fully saturated rings.